The van der Waals surface area contributed by atoms with Gasteiger partial charge in [-0.3, -0.25) is 0 Å². The van der Waals surface area contributed by atoms with Crippen LogP contribution in [0.3, 0.4) is 0 Å². The van der Waals surface area contributed by atoms with Gasteiger partial charge in [0.05, 0.1) is 11.6 Å². The zero-order valence-corrected chi connectivity index (χ0v) is 14.6. The molecule has 0 aromatic heterocycles. The van der Waals surface area contributed by atoms with E-state index in [9.17, 15) is 17.2 Å². The average molecular weight is 378 g/mol. The lowest BCUT2D eigenvalue weighted by Gasteiger charge is -2.26. The monoisotopic (exact) mass is 378 g/mol. The number of piperidine rings is 1. The molecule has 2 aromatic rings. The van der Waals surface area contributed by atoms with Crippen LogP contribution >= 0.6 is 0 Å². The molecule has 2 aromatic carbocycles. The average Bonchev–Trinajstić information content (AvgIpc) is 2.65. The van der Waals surface area contributed by atoms with E-state index in [1.165, 1.54) is 22.5 Å². The Kier molecular flexibility index (Phi) is 5.20. The van der Waals surface area contributed by atoms with Crippen molar-refractivity contribution in [2.45, 2.75) is 24.2 Å². The summed E-state index contributed by atoms with van der Waals surface area (Å²) in [6, 6.07) is 8.38. The van der Waals surface area contributed by atoms with E-state index >= 15 is 0 Å². The second-order valence-corrected chi connectivity index (χ2v) is 7.82. The first-order valence-electron chi connectivity index (χ1n) is 8.09. The minimum absolute atomic E-state index is 0.132. The maximum Gasteiger partial charge on any atom is 0.246 e. The molecule has 0 radical (unpaired) electrons. The van der Waals surface area contributed by atoms with Gasteiger partial charge in [-0.2, -0.15) is 9.57 Å². The van der Waals surface area contributed by atoms with Crippen LogP contribution in [0.15, 0.2) is 41.3 Å². The van der Waals surface area contributed by atoms with Crippen LogP contribution in [0.2, 0.25) is 0 Å². The first-order chi connectivity index (χ1) is 12.4. The van der Waals surface area contributed by atoms with Crippen molar-refractivity contribution in [1.82, 2.24) is 4.31 Å². The summed E-state index contributed by atoms with van der Waals surface area (Å²) in [7, 11) is -3.93. The molecule has 1 heterocycles. The summed E-state index contributed by atoms with van der Waals surface area (Å²) >= 11 is 0. The van der Waals surface area contributed by atoms with Crippen LogP contribution in [0.25, 0.3) is 0 Å². The van der Waals surface area contributed by atoms with Gasteiger partial charge >= 0.3 is 0 Å². The molecule has 0 amide bonds. The first kappa shape index (κ1) is 18.3. The van der Waals surface area contributed by atoms with Gasteiger partial charge in [-0.25, -0.2) is 17.2 Å². The van der Waals surface area contributed by atoms with Crippen molar-refractivity contribution in [3.63, 3.8) is 0 Å². The molecule has 1 saturated heterocycles. The topological polar surface area (TPSA) is 70.4 Å². The summed E-state index contributed by atoms with van der Waals surface area (Å²) < 4.78 is 59.9. The number of sulfonamides is 1. The van der Waals surface area contributed by atoms with E-state index in [1.807, 2.05) is 6.07 Å². The lowest BCUT2D eigenvalue weighted by atomic mass is 10.2. The standard InChI is InChI=1S/C18H16F2N2O3S/c19-14-5-6-15(20)17(11-14)25-16-7-4-13(12-21)10-18(16)26(23,24)22-8-2-1-3-9-22/h4-7,10-11H,1-3,8-9H2. The SMILES string of the molecule is N#Cc1ccc(Oc2cc(F)ccc2F)c(S(=O)(=O)N2CCCCC2)c1. The Morgan fingerprint density at radius 2 is 1.73 bits per heavy atom. The minimum atomic E-state index is -3.93. The molecule has 0 saturated carbocycles. The highest BCUT2D eigenvalue weighted by molar-refractivity contribution is 7.89. The zero-order valence-electron chi connectivity index (χ0n) is 13.8. The van der Waals surface area contributed by atoms with Crippen LogP contribution in [0, 0.1) is 23.0 Å². The van der Waals surface area contributed by atoms with Crippen molar-refractivity contribution in [3.05, 3.63) is 53.6 Å². The van der Waals surface area contributed by atoms with Crippen LogP contribution in [0.5, 0.6) is 11.5 Å². The van der Waals surface area contributed by atoms with Gasteiger partial charge < -0.3 is 4.74 Å². The van der Waals surface area contributed by atoms with Gasteiger partial charge in [0.25, 0.3) is 0 Å². The van der Waals surface area contributed by atoms with E-state index in [4.69, 9.17) is 10.00 Å². The fourth-order valence-electron chi connectivity index (χ4n) is 2.78. The van der Waals surface area contributed by atoms with Crippen LogP contribution in [-0.2, 0) is 10.0 Å². The molecule has 26 heavy (non-hydrogen) atoms. The molecule has 1 aliphatic rings. The largest absolute Gasteiger partial charge is 0.453 e. The molecule has 136 valence electrons. The third-order valence-electron chi connectivity index (χ3n) is 4.12. The summed E-state index contributed by atoms with van der Waals surface area (Å²) in [5, 5.41) is 9.09. The van der Waals surface area contributed by atoms with Gasteiger partial charge in [0.2, 0.25) is 10.0 Å². The molecular formula is C18H16F2N2O3S. The van der Waals surface area contributed by atoms with E-state index in [1.54, 1.807) is 0 Å². The molecule has 0 unspecified atom stereocenters. The van der Waals surface area contributed by atoms with Gasteiger partial charge in [0.15, 0.2) is 11.6 Å². The highest BCUT2D eigenvalue weighted by atomic mass is 32.2. The lowest BCUT2D eigenvalue weighted by molar-refractivity contribution is 0.344. The van der Waals surface area contributed by atoms with Gasteiger partial charge in [0.1, 0.15) is 16.5 Å². The fourth-order valence-corrected chi connectivity index (χ4v) is 4.44. The van der Waals surface area contributed by atoms with E-state index < -0.39 is 27.4 Å². The Morgan fingerprint density at radius 3 is 2.42 bits per heavy atom. The van der Waals surface area contributed by atoms with Crippen LogP contribution in [0.4, 0.5) is 8.78 Å². The quantitative estimate of drug-likeness (QED) is 0.811. The Bertz CT molecular complexity index is 965. The third kappa shape index (κ3) is 3.69. The highest BCUT2D eigenvalue weighted by Gasteiger charge is 2.30. The second kappa shape index (κ2) is 7.40. The predicted octanol–water partition coefficient (Wildman–Crippen LogP) is 3.80. The van der Waals surface area contributed by atoms with Gasteiger partial charge in [0, 0.05) is 19.2 Å². The van der Waals surface area contributed by atoms with E-state index in [0.717, 1.165) is 37.5 Å². The van der Waals surface area contributed by atoms with Crippen molar-refractivity contribution >= 4 is 10.0 Å². The summed E-state index contributed by atoms with van der Waals surface area (Å²) in [6.45, 7) is 0.736. The molecule has 8 heteroatoms. The number of hydrogen-bond acceptors (Lipinski definition) is 4. The second-order valence-electron chi connectivity index (χ2n) is 5.91. The number of rotatable bonds is 4. The van der Waals surface area contributed by atoms with E-state index in [2.05, 4.69) is 0 Å². The van der Waals surface area contributed by atoms with Gasteiger partial charge in [-0.15, -0.1) is 0 Å². The molecule has 0 bridgehead atoms. The molecule has 1 fully saturated rings. The Hall–Kier alpha value is -2.50. The summed E-state index contributed by atoms with van der Waals surface area (Å²) in [4.78, 5) is -0.234. The first-order valence-corrected chi connectivity index (χ1v) is 9.53. The van der Waals surface area contributed by atoms with Crippen LogP contribution in [0.1, 0.15) is 24.8 Å². The molecule has 0 N–H and O–H groups in total. The molecule has 1 aliphatic heterocycles. The summed E-state index contributed by atoms with van der Waals surface area (Å²) in [5.74, 6) is -2.11. The fraction of sp³-hybridized carbons (Fsp3) is 0.278. The zero-order chi connectivity index (χ0) is 18.7. The van der Waals surface area contributed by atoms with Crippen LogP contribution in [-0.4, -0.2) is 25.8 Å². The maximum absolute atomic E-state index is 13.9. The number of halogens is 2. The number of benzene rings is 2. The third-order valence-corrected chi connectivity index (χ3v) is 6.04. The molecule has 5 nitrogen and oxygen atoms in total. The minimum Gasteiger partial charge on any atom is -0.453 e. The van der Waals surface area contributed by atoms with Crippen molar-refractivity contribution in [2.24, 2.45) is 0 Å². The van der Waals surface area contributed by atoms with Crippen molar-refractivity contribution in [1.29, 1.82) is 5.26 Å². The Labute approximate surface area is 150 Å². The Balaban J connectivity index is 2.06. The normalized spacial score (nSPS) is 15.4. The van der Waals surface area contributed by atoms with Crippen molar-refractivity contribution in [3.8, 4) is 17.6 Å². The number of ether oxygens (including phenoxy) is 1. The summed E-state index contributed by atoms with van der Waals surface area (Å²) in [6.07, 6.45) is 2.43. The molecule has 0 spiro atoms. The van der Waals surface area contributed by atoms with Crippen LogP contribution < -0.4 is 4.74 Å². The van der Waals surface area contributed by atoms with E-state index in [-0.39, 0.29) is 16.2 Å². The highest BCUT2D eigenvalue weighted by Crippen LogP contribution is 2.34. The predicted molar refractivity (Wildman–Crippen MR) is 90.2 cm³/mol. The molecule has 3 rings (SSSR count). The lowest BCUT2D eigenvalue weighted by Crippen LogP contribution is -2.35. The number of hydrogen-bond donors (Lipinski definition) is 0. The van der Waals surface area contributed by atoms with E-state index in [0.29, 0.717) is 13.1 Å². The van der Waals surface area contributed by atoms with Crippen molar-refractivity contribution in [2.75, 3.05) is 13.1 Å². The molecule has 0 atom stereocenters. The summed E-state index contributed by atoms with van der Waals surface area (Å²) in [5.41, 5.74) is 0.132. The maximum atomic E-state index is 13.9. The number of nitrogens with zero attached hydrogens (tertiary/aromatic N) is 2. The van der Waals surface area contributed by atoms with Gasteiger partial charge in [-0.05, 0) is 43.2 Å². The van der Waals surface area contributed by atoms with Gasteiger partial charge in [-0.1, -0.05) is 6.42 Å². The molecule has 0 aliphatic carbocycles. The number of nitriles is 1. The smallest absolute Gasteiger partial charge is 0.246 e. The molecular weight excluding hydrogens is 362 g/mol. The van der Waals surface area contributed by atoms with Crippen molar-refractivity contribution < 1.29 is 21.9 Å². The Morgan fingerprint density at radius 1 is 1.00 bits per heavy atom.